The van der Waals surface area contributed by atoms with E-state index in [4.69, 9.17) is 4.74 Å². The number of carbonyl (C=O) groups excluding carboxylic acids is 1. The molecule has 4 nitrogen and oxygen atoms in total. The Kier molecular flexibility index (Phi) is 5.15. The summed E-state index contributed by atoms with van der Waals surface area (Å²) in [6.07, 6.45) is 0.168. The molecule has 1 fully saturated rings. The Morgan fingerprint density at radius 1 is 1.40 bits per heavy atom. The molecule has 0 saturated carbocycles. The highest BCUT2D eigenvalue weighted by atomic mass is 16.5. The zero-order valence-electron chi connectivity index (χ0n) is 12.5. The average Bonchev–Trinajstić information content (AvgIpc) is 2.39. The number of hydrogen-bond donors (Lipinski definition) is 1. The predicted octanol–water partition coefficient (Wildman–Crippen LogP) is 1.97. The van der Waals surface area contributed by atoms with E-state index in [1.807, 2.05) is 32.0 Å². The summed E-state index contributed by atoms with van der Waals surface area (Å²) < 4.78 is 5.76. The van der Waals surface area contributed by atoms with Crippen LogP contribution < -0.4 is 5.32 Å². The van der Waals surface area contributed by atoms with E-state index >= 15 is 0 Å². The van der Waals surface area contributed by atoms with Gasteiger partial charge in [0, 0.05) is 12.6 Å². The molecule has 0 aliphatic carbocycles. The Labute approximate surface area is 121 Å². The van der Waals surface area contributed by atoms with E-state index in [1.54, 1.807) is 0 Å². The smallest absolute Gasteiger partial charge is 0.234 e. The van der Waals surface area contributed by atoms with Crippen molar-refractivity contribution in [1.82, 2.24) is 10.2 Å². The van der Waals surface area contributed by atoms with Gasteiger partial charge in [-0.25, -0.2) is 0 Å². The van der Waals surface area contributed by atoms with Gasteiger partial charge in [-0.05, 0) is 26.3 Å². The lowest BCUT2D eigenvalue weighted by Crippen LogP contribution is -2.48. The number of nitrogens with zero attached hydrogens (tertiary/aromatic N) is 1. The predicted molar refractivity (Wildman–Crippen MR) is 79.4 cm³/mol. The molecule has 110 valence electrons. The molecule has 1 aromatic carbocycles. The molecule has 0 bridgehead atoms. The summed E-state index contributed by atoms with van der Waals surface area (Å²) in [6.45, 7) is 7.86. The third-order valence-corrected chi connectivity index (χ3v) is 3.45. The van der Waals surface area contributed by atoms with Crippen LogP contribution in [0.5, 0.6) is 0 Å². The first-order chi connectivity index (χ1) is 9.56. The van der Waals surface area contributed by atoms with Gasteiger partial charge in [0.1, 0.15) is 0 Å². The summed E-state index contributed by atoms with van der Waals surface area (Å²) in [5, 5.41) is 2.96. The molecule has 4 heteroatoms. The Morgan fingerprint density at radius 3 is 2.75 bits per heavy atom. The molecule has 1 heterocycles. The van der Waals surface area contributed by atoms with Crippen LogP contribution in [0.25, 0.3) is 0 Å². The van der Waals surface area contributed by atoms with Crippen molar-refractivity contribution in [2.45, 2.75) is 39.0 Å². The summed E-state index contributed by atoms with van der Waals surface area (Å²) in [6, 6.07) is 10.6. The maximum atomic E-state index is 12.0. The monoisotopic (exact) mass is 276 g/mol. The van der Waals surface area contributed by atoms with E-state index in [-0.39, 0.29) is 24.1 Å². The number of ether oxygens (including phenoxy) is 1. The highest BCUT2D eigenvalue weighted by molar-refractivity contribution is 5.78. The third kappa shape index (κ3) is 4.05. The summed E-state index contributed by atoms with van der Waals surface area (Å²) in [5.74, 6) is 0.0787. The fourth-order valence-corrected chi connectivity index (χ4v) is 2.58. The first-order valence-corrected chi connectivity index (χ1v) is 7.26. The zero-order valence-corrected chi connectivity index (χ0v) is 12.5. The van der Waals surface area contributed by atoms with Gasteiger partial charge in [0.15, 0.2) is 0 Å². The second kappa shape index (κ2) is 6.86. The van der Waals surface area contributed by atoms with Gasteiger partial charge >= 0.3 is 0 Å². The Balaban J connectivity index is 2.07. The van der Waals surface area contributed by atoms with Crippen LogP contribution in [0.1, 0.15) is 32.4 Å². The minimum Gasteiger partial charge on any atom is -0.375 e. The molecular weight excluding hydrogens is 252 g/mol. The molecule has 1 aromatic rings. The van der Waals surface area contributed by atoms with Crippen LogP contribution in [0.4, 0.5) is 0 Å². The van der Waals surface area contributed by atoms with Gasteiger partial charge < -0.3 is 10.1 Å². The van der Waals surface area contributed by atoms with Gasteiger partial charge in [-0.2, -0.15) is 0 Å². The van der Waals surface area contributed by atoms with Crippen LogP contribution in [-0.2, 0) is 9.53 Å². The lowest BCUT2D eigenvalue weighted by atomic mass is 10.0. The molecule has 0 radical (unpaired) electrons. The molecule has 0 unspecified atom stereocenters. The van der Waals surface area contributed by atoms with Crippen LogP contribution in [0.2, 0.25) is 0 Å². The van der Waals surface area contributed by atoms with Crippen LogP contribution in [0.3, 0.4) is 0 Å². The van der Waals surface area contributed by atoms with Gasteiger partial charge in [-0.3, -0.25) is 9.69 Å². The average molecular weight is 276 g/mol. The van der Waals surface area contributed by atoms with Crippen LogP contribution in [0, 0.1) is 0 Å². The maximum absolute atomic E-state index is 12.0. The second-order valence-electron chi connectivity index (χ2n) is 5.72. The van der Waals surface area contributed by atoms with Crippen LogP contribution >= 0.6 is 0 Å². The molecule has 0 spiro atoms. The second-order valence-corrected chi connectivity index (χ2v) is 5.72. The van der Waals surface area contributed by atoms with Crippen LogP contribution in [0.15, 0.2) is 30.3 Å². The highest BCUT2D eigenvalue weighted by Gasteiger charge is 2.29. The van der Waals surface area contributed by atoms with Crippen molar-refractivity contribution in [2.75, 3.05) is 19.7 Å². The summed E-state index contributed by atoms with van der Waals surface area (Å²) in [7, 11) is 0. The summed E-state index contributed by atoms with van der Waals surface area (Å²) >= 11 is 0. The van der Waals surface area contributed by atoms with Crippen molar-refractivity contribution in [1.29, 1.82) is 0 Å². The fourth-order valence-electron chi connectivity index (χ4n) is 2.58. The van der Waals surface area contributed by atoms with Crippen LogP contribution in [-0.4, -0.2) is 42.6 Å². The lowest BCUT2D eigenvalue weighted by Gasteiger charge is -2.38. The fraction of sp³-hybridized carbons (Fsp3) is 0.562. The van der Waals surface area contributed by atoms with E-state index < -0.39 is 0 Å². The SMILES string of the molecule is CC(C)NC(=O)CN1C[C@@H](C)OC[C@H]1c1ccccc1. The molecule has 2 rings (SSSR count). The molecule has 1 N–H and O–H groups in total. The quantitative estimate of drug-likeness (QED) is 0.914. The first-order valence-electron chi connectivity index (χ1n) is 7.26. The number of morpholine rings is 1. The van der Waals surface area contributed by atoms with Crippen molar-refractivity contribution in [2.24, 2.45) is 0 Å². The first kappa shape index (κ1) is 15.0. The van der Waals surface area contributed by atoms with Gasteiger partial charge in [-0.15, -0.1) is 0 Å². The normalized spacial score (nSPS) is 23.8. The van der Waals surface area contributed by atoms with Gasteiger partial charge in [0.25, 0.3) is 0 Å². The van der Waals surface area contributed by atoms with Gasteiger partial charge in [-0.1, -0.05) is 30.3 Å². The largest absolute Gasteiger partial charge is 0.375 e. The number of carbonyl (C=O) groups is 1. The standard InChI is InChI=1S/C16H24N2O2/c1-12(2)17-16(19)10-18-9-13(3)20-11-15(18)14-7-5-4-6-8-14/h4-8,12-13,15H,9-11H2,1-3H3,(H,17,19)/t13-,15+/m1/s1. The van der Waals surface area contributed by atoms with E-state index in [0.717, 1.165) is 6.54 Å². The minimum atomic E-state index is 0.0787. The van der Waals surface area contributed by atoms with Crippen molar-refractivity contribution in [3.63, 3.8) is 0 Å². The molecular formula is C16H24N2O2. The molecule has 20 heavy (non-hydrogen) atoms. The Hall–Kier alpha value is -1.39. The number of hydrogen-bond acceptors (Lipinski definition) is 3. The molecule has 1 aliphatic rings. The number of amides is 1. The van der Waals surface area contributed by atoms with E-state index in [1.165, 1.54) is 5.56 Å². The number of rotatable bonds is 4. The van der Waals surface area contributed by atoms with Crippen molar-refractivity contribution >= 4 is 5.91 Å². The van der Waals surface area contributed by atoms with E-state index in [0.29, 0.717) is 13.2 Å². The maximum Gasteiger partial charge on any atom is 0.234 e. The van der Waals surface area contributed by atoms with Crippen molar-refractivity contribution in [3.05, 3.63) is 35.9 Å². The van der Waals surface area contributed by atoms with Gasteiger partial charge in [0.05, 0.1) is 25.3 Å². The van der Waals surface area contributed by atoms with E-state index in [2.05, 4.69) is 29.3 Å². The molecule has 1 saturated heterocycles. The molecule has 2 atom stereocenters. The molecule has 1 amide bonds. The molecule has 1 aliphatic heterocycles. The van der Waals surface area contributed by atoms with Crippen molar-refractivity contribution in [3.8, 4) is 0 Å². The van der Waals surface area contributed by atoms with Crippen molar-refractivity contribution < 1.29 is 9.53 Å². The zero-order chi connectivity index (χ0) is 14.5. The lowest BCUT2D eigenvalue weighted by molar-refractivity contribution is -0.126. The van der Waals surface area contributed by atoms with Gasteiger partial charge in [0.2, 0.25) is 5.91 Å². The topological polar surface area (TPSA) is 41.6 Å². The number of benzene rings is 1. The summed E-state index contributed by atoms with van der Waals surface area (Å²) in [5.41, 5.74) is 1.21. The number of nitrogens with one attached hydrogen (secondary N) is 1. The highest BCUT2D eigenvalue weighted by Crippen LogP contribution is 2.25. The Morgan fingerprint density at radius 2 is 2.10 bits per heavy atom. The third-order valence-electron chi connectivity index (χ3n) is 3.45. The summed E-state index contributed by atoms with van der Waals surface area (Å²) in [4.78, 5) is 14.2. The minimum absolute atomic E-state index is 0.0787. The Bertz CT molecular complexity index is 433. The molecule has 0 aromatic heterocycles. The van der Waals surface area contributed by atoms with E-state index in [9.17, 15) is 4.79 Å².